The number of hydrogen-bond donors (Lipinski definition) is 6. The zero-order chi connectivity index (χ0) is 45.1. The van der Waals surface area contributed by atoms with E-state index in [1.54, 1.807) is 6.08 Å². The Hall–Kier alpha value is -1.33. The van der Waals surface area contributed by atoms with Crippen LogP contribution in [0.25, 0.3) is 0 Å². The van der Waals surface area contributed by atoms with Crippen LogP contribution in [0, 0.1) is 0 Å². The number of rotatable bonds is 45. The number of allylic oxidation sites excluding steroid dienone is 3. The maximum Gasteiger partial charge on any atom is 0.220 e. The van der Waals surface area contributed by atoms with Crippen LogP contribution in [0.5, 0.6) is 0 Å². The number of ether oxygens (including phenoxy) is 2. The van der Waals surface area contributed by atoms with Crippen LogP contribution in [0.3, 0.4) is 0 Å². The van der Waals surface area contributed by atoms with E-state index in [9.17, 15) is 30.3 Å². The molecule has 1 heterocycles. The van der Waals surface area contributed by atoms with Gasteiger partial charge in [0.2, 0.25) is 5.91 Å². The third-order valence-corrected chi connectivity index (χ3v) is 12.8. The Labute approximate surface area is 381 Å². The van der Waals surface area contributed by atoms with E-state index in [0.717, 1.165) is 57.8 Å². The molecule has 0 aromatic heterocycles. The largest absolute Gasteiger partial charge is 0.394 e. The van der Waals surface area contributed by atoms with E-state index in [1.165, 1.54) is 173 Å². The van der Waals surface area contributed by atoms with Gasteiger partial charge in [-0.25, -0.2) is 0 Å². The van der Waals surface area contributed by atoms with Gasteiger partial charge in [-0.2, -0.15) is 0 Å². The fourth-order valence-corrected chi connectivity index (χ4v) is 8.51. The molecule has 7 unspecified atom stereocenters. The Kier molecular flexibility index (Phi) is 41.2. The summed E-state index contributed by atoms with van der Waals surface area (Å²) in [6.45, 7) is 3.78. The van der Waals surface area contributed by atoms with E-state index in [2.05, 4.69) is 31.3 Å². The summed E-state index contributed by atoms with van der Waals surface area (Å²) in [6.07, 6.45) is 46.7. The maximum atomic E-state index is 13.0. The van der Waals surface area contributed by atoms with Gasteiger partial charge in [0.15, 0.2) is 6.29 Å². The Bertz CT molecular complexity index is 1020. The molecule has 0 spiro atoms. The van der Waals surface area contributed by atoms with Crippen molar-refractivity contribution >= 4 is 5.91 Å². The van der Waals surface area contributed by atoms with Gasteiger partial charge in [0.25, 0.3) is 0 Å². The van der Waals surface area contributed by atoms with Gasteiger partial charge in [-0.15, -0.1) is 0 Å². The predicted octanol–water partition coefficient (Wildman–Crippen LogP) is 12.2. The van der Waals surface area contributed by atoms with Crippen molar-refractivity contribution in [3.63, 3.8) is 0 Å². The van der Waals surface area contributed by atoms with Gasteiger partial charge in [0, 0.05) is 6.42 Å². The third-order valence-electron chi connectivity index (χ3n) is 12.8. The molecule has 1 fully saturated rings. The minimum atomic E-state index is -1.57. The molecule has 0 aromatic carbocycles. The van der Waals surface area contributed by atoms with Crippen LogP contribution in [-0.4, -0.2) is 87.5 Å². The van der Waals surface area contributed by atoms with Crippen molar-refractivity contribution in [3.05, 3.63) is 24.3 Å². The Balaban J connectivity index is 2.24. The molecule has 1 amide bonds. The number of nitrogens with one attached hydrogen (secondary N) is 1. The molecule has 0 aliphatic carbocycles. The lowest BCUT2D eigenvalue weighted by Crippen LogP contribution is -2.60. The maximum absolute atomic E-state index is 13.0. The first-order chi connectivity index (χ1) is 30.3. The first kappa shape index (κ1) is 58.7. The molecular weight excluding hydrogens is 779 g/mol. The number of carbonyl (C=O) groups is 1. The van der Waals surface area contributed by atoms with Crippen LogP contribution in [0.15, 0.2) is 24.3 Å². The third kappa shape index (κ3) is 33.2. The molecular formula is C53H101NO8. The van der Waals surface area contributed by atoms with Crippen LogP contribution in [0.2, 0.25) is 0 Å². The lowest BCUT2D eigenvalue weighted by Gasteiger charge is -2.40. The highest BCUT2D eigenvalue weighted by Crippen LogP contribution is 2.23. The topological polar surface area (TPSA) is 149 Å². The van der Waals surface area contributed by atoms with Crippen LogP contribution < -0.4 is 5.32 Å². The van der Waals surface area contributed by atoms with Crippen molar-refractivity contribution < 1.29 is 39.8 Å². The summed E-state index contributed by atoms with van der Waals surface area (Å²) < 4.78 is 11.2. The highest BCUT2D eigenvalue weighted by molar-refractivity contribution is 5.76. The van der Waals surface area contributed by atoms with Crippen molar-refractivity contribution in [1.82, 2.24) is 5.32 Å². The first-order valence-corrected chi connectivity index (χ1v) is 26.6. The summed E-state index contributed by atoms with van der Waals surface area (Å²) in [5, 5.41) is 54.3. The zero-order valence-corrected chi connectivity index (χ0v) is 40.4. The molecule has 0 aromatic rings. The molecule has 1 rings (SSSR count). The molecule has 62 heavy (non-hydrogen) atoms. The second kappa shape index (κ2) is 43.6. The molecule has 9 nitrogen and oxygen atoms in total. The second-order valence-electron chi connectivity index (χ2n) is 18.7. The summed E-state index contributed by atoms with van der Waals surface area (Å²) in [4.78, 5) is 13.0. The van der Waals surface area contributed by atoms with Crippen molar-refractivity contribution in [1.29, 1.82) is 0 Å². The smallest absolute Gasteiger partial charge is 0.220 e. The Morgan fingerprint density at radius 1 is 0.532 bits per heavy atom. The Morgan fingerprint density at radius 2 is 0.903 bits per heavy atom. The van der Waals surface area contributed by atoms with E-state index >= 15 is 0 Å². The molecule has 0 radical (unpaired) electrons. The molecule has 6 N–H and O–H groups in total. The minimum Gasteiger partial charge on any atom is -0.394 e. The lowest BCUT2D eigenvalue weighted by atomic mass is 9.99. The van der Waals surface area contributed by atoms with Crippen molar-refractivity contribution in [2.75, 3.05) is 13.2 Å². The van der Waals surface area contributed by atoms with Crippen LogP contribution in [0.4, 0.5) is 0 Å². The van der Waals surface area contributed by atoms with Crippen LogP contribution in [0.1, 0.15) is 251 Å². The standard InChI is InChI=1S/C53H101NO8/c1-3-5-7-9-11-13-15-17-19-20-21-22-23-24-25-26-27-28-29-30-32-34-36-38-40-42-47(56)46(45-61-53-52(60)51(59)50(58)48(44-55)62-53)54-49(57)43-41-39-37-35-33-31-18-16-14-12-10-8-6-4-2/h16,18,40,42,46-48,50-53,55-56,58-60H,3-15,17,19-39,41,43-45H2,1-2H3,(H,54,57)/b18-16-,42-40+. The van der Waals surface area contributed by atoms with Crippen LogP contribution in [-0.2, 0) is 14.3 Å². The van der Waals surface area contributed by atoms with E-state index in [0.29, 0.717) is 6.42 Å². The van der Waals surface area contributed by atoms with Gasteiger partial charge >= 0.3 is 0 Å². The summed E-state index contributed by atoms with van der Waals surface area (Å²) in [6, 6.07) is -0.807. The van der Waals surface area contributed by atoms with Crippen molar-refractivity contribution in [3.8, 4) is 0 Å². The summed E-state index contributed by atoms with van der Waals surface area (Å²) >= 11 is 0. The summed E-state index contributed by atoms with van der Waals surface area (Å²) in [7, 11) is 0. The minimum absolute atomic E-state index is 0.184. The monoisotopic (exact) mass is 880 g/mol. The molecule has 0 saturated carbocycles. The number of aliphatic hydroxyl groups is 5. The van der Waals surface area contributed by atoms with E-state index < -0.39 is 49.5 Å². The summed E-state index contributed by atoms with van der Waals surface area (Å²) in [5.74, 6) is -0.184. The molecule has 1 aliphatic heterocycles. The Morgan fingerprint density at radius 3 is 1.31 bits per heavy atom. The average molecular weight is 880 g/mol. The van der Waals surface area contributed by atoms with E-state index in [4.69, 9.17) is 9.47 Å². The molecule has 366 valence electrons. The summed E-state index contributed by atoms with van der Waals surface area (Å²) in [5.41, 5.74) is 0. The number of amides is 1. The van der Waals surface area contributed by atoms with Crippen molar-refractivity contribution in [2.24, 2.45) is 0 Å². The van der Waals surface area contributed by atoms with Gasteiger partial charge in [-0.3, -0.25) is 4.79 Å². The first-order valence-electron chi connectivity index (χ1n) is 26.6. The normalized spacial score (nSPS) is 20.4. The van der Waals surface area contributed by atoms with Gasteiger partial charge < -0.3 is 40.3 Å². The zero-order valence-electron chi connectivity index (χ0n) is 40.4. The van der Waals surface area contributed by atoms with Crippen molar-refractivity contribution in [2.45, 2.75) is 294 Å². The second-order valence-corrected chi connectivity index (χ2v) is 18.7. The lowest BCUT2D eigenvalue weighted by molar-refractivity contribution is -0.302. The highest BCUT2D eigenvalue weighted by atomic mass is 16.7. The van der Waals surface area contributed by atoms with Gasteiger partial charge in [0.1, 0.15) is 24.4 Å². The van der Waals surface area contributed by atoms with Gasteiger partial charge in [0.05, 0.1) is 25.4 Å². The fourth-order valence-electron chi connectivity index (χ4n) is 8.51. The SMILES string of the molecule is CCCCCCC/C=C\CCCCCCCC(=O)NC(COC1OC(CO)C(O)C(O)C1O)C(O)/C=C/CCCCCCCCCCCCCCCCCCCCCCCCC. The number of hydrogen-bond acceptors (Lipinski definition) is 8. The average Bonchev–Trinajstić information content (AvgIpc) is 3.27. The molecule has 9 heteroatoms. The van der Waals surface area contributed by atoms with Gasteiger partial charge in [-0.05, 0) is 44.9 Å². The van der Waals surface area contributed by atoms with E-state index in [1.807, 2.05) is 6.08 Å². The number of aliphatic hydroxyl groups excluding tert-OH is 5. The molecule has 7 atom stereocenters. The van der Waals surface area contributed by atoms with Gasteiger partial charge in [-0.1, -0.05) is 224 Å². The quantitative estimate of drug-likeness (QED) is 0.0262. The molecule has 1 saturated heterocycles. The highest BCUT2D eigenvalue weighted by Gasteiger charge is 2.44. The molecule has 1 aliphatic rings. The van der Waals surface area contributed by atoms with Crippen LogP contribution >= 0.6 is 0 Å². The fraction of sp³-hybridized carbons (Fsp3) is 0.906. The predicted molar refractivity (Wildman–Crippen MR) is 258 cm³/mol. The molecule has 0 bridgehead atoms. The number of carbonyl (C=O) groups excluding carboxylic acids is 1. The van der Waals surface area contributed by atoms with E-state index in [-0.39, 0.29) is 12.5 Å². The number of unbranched alkanes of at least 4 members (excludes halogenated alkanes) is 33.